The zero-order valence-corrected chi connectivity index (χ0v) is 34.2. The molecule has 8 nitrogen and oxygen atoms in total. The molecule has 7 atom stereocenters. The zero-order valence-electron chi connectivity index (χ0n) is 32.2. The van der Waals surface area contributed by atoms with Gasteiger partial charge in [-0.25, -0.2) is 0 Å². The summed E-state index contributed by atoms with van der Waals surface area (Å²) in [5.74, 6) is -0.822. The molecule has 0 saturated carbocycles. The molecule has 49 heavy (non-hydrogen) atoms. The van der Waals surface area contributed by atoms with E-state index in [1.807, 2.05) is 50.2 Å². The summed E-state index contributed by atoms with van der Waals surface area (Å²) in [6.45, 7) is 27.3. The summed E-state index contributed by atoms with van der Waals surface area (Å²) in [5, 5.41) is 10.3. The van der Waals surface area contributed by atoms with Crippen LogP contribution >= 0.6 is 0 Å². The third-order valence-corrected chi connectivity index (χ3v) is 19.9. The van der Waals surface area contributed by atoms with Gasteiger partial charge >= 0.3 is 0 Å². The SMILES string of the molecule is CC1(C)O[C@H](CO)[C@@H](C[C@H]2O[C@H](CO[Si](C)(C)C(C)(C)C)[C@@H](OCc3ccccc3)[C@H](OCc3ccccc3)[C@H]2O[Si](C)(C)C(C)(C)C)O1. The van der Waals surface area contributed by atoms with Crippen LogP contribution in [0, 0.1) is 0 Å². The van der Waals surface area contributed by atoms with Crippen molar-refractivity contribution in [2.75, 3.05) is 13.2 Å². The molecule has 0 unspecified atom stereocenters. The van der Waals surface area contributed by atoms with E-state index in [2.05, 4.69) is 92.0 Å². The van der Waals surface area contributed by atoms with Gasteiger partial charge in [-0.15, -0.1) is 0 Å². The lowest BCUT2D eigenvalue weighted by atomic mass is 9.90. The Balaban J connectivity index is 1.78. The smallest absolute Gasteiger partial charge is 0.192 e. The van der Waals surface area contributed by atoms with E-state index in [1.165, 1.54) is 0 Å². The van der Waals surface area contributed by atoms with Crippen molar-refractivity contribution in [2.45, 2.75) is 160 Å². The van der Waals surface area contributed by atoms with E-state index in [0.29, 0.717) is 26.2 Å². The average Bonchev–Trinajstić information content (AvgIpc) is 3.32. The molecule has 10 heteroatoms. The predicted molar refractivity (Wildman–Crippen MR) is 199 cm³/mol. The number of aliphatic hydroxyl groups is 1. The Morgan fingerprint density at radius 3 is 1.63 bits per heavy atom. The van der Waals surface area contributed by atoms with E-state index in [1.54, 1.807) is 0 Å². The maximum Gasteiger partial charge on any atom is 0.192 e. The van der Waals surface area contributed by atoms with Crippen LogP contribution in [0.15, 0.2) is 60.7 Å². The van der Waals surface area contributed by atoms with Crippen LogP contribution in [0.3, 0.4) is 0 Å². The summed E-state index contributed by atoms with van der Waals surface area (Å²) < 4.78 is 47.7. The Morgan fingerprint density at radius 2 is 1.14 bits per heavy atom. The monoisotopic (exact) mass is 716 g/mol. The molecule has 0 radical (unpaired) electrons. The molecular weight excluding hydrogens is 653 g/mol. The van der Waals surface area contributed by atoms with Crippen LogP contribution in [0.4, 0.5) is 0 Å². The zero-order chi connectivity index (χ0) is 36.3. The third kappa shape index (κ3) is 10.6. The summed E-state index contributed by atoms with van der Waals surface area (Å²) in [7, 11) is -4.52. The molecule has 2 aromatic carbocycles. The molecule has 0 spiro atoms. The van der Waals surface area contributed by atoms with Crippen LogP contribution < -0.4 is 0 Å². The Hall–Kier alpha value is -1.45. The van der Waals surface area contributed by atoms with Gasteiger partial charge in [-0.3, -0.25) is 0 Å². The number of hydrogen-bond acceptors (Lipinski definition) is 8. The van der Waals surface area contributed by atoms with Gasteiger partial charge in [0.05, 0.1) is 38.6 Å². The van der Waals surface area contributed by atoms with E-state index < -0.39 is 65.1 Å². The minimum absolute atomic E-state index is 0.0214. The van der Waals surface area contributed by atoms with Crippen molar-refractivity contribution in [3.63, 3.8) is 0 Å². The molecule has 0 aromatic heterocycles. The number of rotatable bonds is 14. The molecule has 0 amide bonds. The first kappa shape index (κ1) is 40.3. The van der Waals surface area contributed by atoms with Gasteiger partial charge in [-0.1, -0.05) is 102 Å². The molecule has 276 valence electrons. The number of aliphatic hydroxyl groups excluding tert-OH is 1. The minimum Gasteiger partial charge on any atom is -0.414 e. The topological polar surface area (TPSA) is 84.8 Å². The van der Waals surface area contributed by atoms with Gasteiger partial charge in [-0.05, 0) is 61.2 Å². The maximum absolute atomic E-state index is 10.3. The highest BCUT2D eigenvalue weighted by molar-refractivity contribution is 6.74. The lowest BCUT2D eigenvalue weighted by Crippen LogP contribution is -2.65. The molecule has 2 saturated heterocycles. The van der Waals surface area contributed by atoms with Crippen molar-refractivity contribution in [1.29, 1.82) is 0 Å². The summed E-state index contributed by atoms with van der Waals surface area (Å²) in [4.78, 5) is 0. The first-order valence-corrected chi connectivity index (χ1v) is 23.8. The van der Waals surface area contributed by atoms with Crippen LogP contribution in [0.1, 0.15) is 72.9 Å². The van der Waals surface area contributed by atoms with Crippen molar-refractivity contribution < 1.29 is 37.6 Å². The van der Waals surface area contributed by atoms with Crippen molar-refractivity contribution in [3.05, 3.63) is 71.8 Å². The van der Waals surface area contributed by atoms with Crippen LogP contribution in [0.2, 0.25) is 36.3 Å². The average molecular weight is 717 g/mol. The molecule has 2 aliphatic rings. The van der Waals surface area contributed by atoms with Crippen molar-refractivity contribution in [1.82, 2.24) is 0 Å². The van der Waals surface area contributed by atoms with E-state index in [4.69, 9.17) is 32.5 Å². The molecule has 2 aromatic rings. The first-order valence-electron chi connectivity index (χ1n) is 18.0. The van der Waals surface area contributed by atoms with E-state index >= 15 is 0 Å². The number of benzene rings is 2. The second-order valence-corrected chi connectivity index (χ2v) is 26.8. The molecular formula is C39H64O8Si2. The Kier molecular flexibility index (Phi) is 13.2. The fourth-order valence-electron chi connectivity index (χ4n) is 5.90. The normalized spacial score (nSPS) is 28.1. The summed E-state index contributed by atoms with van der Waals surface area (Å²) in [6, 6.07) is 20.4. The second kappa shape index (κ2) is 16.1. The molecule has 2 heterocycles. The highest BCUT2D eigenvalue weighted by Gasteiger charge is 2.54. The third-order valence-electron chi connectivity index (χ3n) is 10.9. The van der Waals surface area contributed by atoms with Gasteiger partial charge in [0, 0.05) is 6.42 Å². The molecule has 0 bridgehead atoms. The number of hydrogen-bond donors (Lipinski definition) is 1. The Labute approximate surface area is 298 Å². The highest BCUT2D eigenvalue weighted by atomic mass is 28.4. The van der Waals surface area contributed by atoms with E-state index in [0.717, 1.165) is 11.1 Å². The fourth-order valence-corrected chi connectivity index (χ4v) is 8.23. The lowest BCUT2D eigenvalue weighted by molar-refractivity contribution is -0.259. The number of ether oxygens (including phenoxy) is 5. The van der Waals surface area contributed by atoms with E-state index in [9.17, 15) is 5.11 Å². The lowest BCUT2D eigenvalue weighted by Gasteiger charge is -2.51. The first-order chi connectivity index (χ1) is 22.7. The van der Waals surface area contributed by atoms with Crippen molar-refractivity contribution in [3.8, 4) is 0 Å². The van der Waals surface area contributed by atoms with Crippen LogP contribution in [0.25, 0.3) is 0 Å². The largest absolute Gasteiger partial charge is 0.414 e. The van der Waals surface area contributed by atoms with Gasteiger partial charge in [0.15, 0.2) is 22.4 Å². The van der Waals surface area contributed by atoms with Crippen LogP contribution in [0.5, 0.6) is 0 Å². The minimum atomic E-state index is -2.37. The van der Waals surface area contributed by atoms with Crippen LogP contribution in [-0.4, -0.2) is 83.5 Å². The van der Waals surface area contributed by atoms with Gasteiger partial charge in [0.25, 0.3) is 0 Å². The van der Waals surface area contributed by atoms with Gasteiger partial charge in [0.1, 0.15) is 30.5 Å². The molecule has 2 fully saturated rings. The molecule has 4 rings (SSSR count). The fraction of sp³-hybridized carbons (Fsp3) is 0.692. The van der Waals surface area contributed by atoms with Gasteiger partial charge in [0.2, 0.25) is 0 Å². The molecule has 0 aliphatic carbocycles. The maximum atomic E-state index is 10.3. The van der Waals surface area contributed by atoms with Gasteiger partial charge in [-0.2, -0.15) is 0 Å². The van der Waals surface area contributed by atoms with E-state index in [-0.39, 0.29) is 16.7 Å². The Bertz CT molecular complexity index is 1290. The standard InChI is InChI=1S/C39H64O8Si2/c1-37(2,3)48(9,10)43-27-33-34(41-25-28-19-15-13-16-20-28)36(42-26-29-21-17-14-18-22-29)35(47-49(11,12)38(4,5)6)31(44-33)23-30-32(24-40)46-39(7,8)45-30/h13-22,30-36,40H,23-27H2,1-12H3/t30-,31-,32-,33-,34-,35+,36+/m1/s1. The molecule has 2 aliphatic heterocycles. The summed E-state index contributed by atoms with van der Waals surface area (Å²) >= 11 is 0. The summed E-state index contributed by atoms with van der Waals surface area (Å²) in [6.07, 6.45) is -2.72. The predicted octanol–water partition coefficient (Wildman–Crippen LogP) is 8.24. The quantitative estimate of drug-likeness (QED) is 0.196. The van der Waals surface area contributed by atoms with Crippen molar-refractivity contribution in [2.24, 2.45) is 0 Å². The Morgan fingerprint density at radius 1 is 0.653 bits per heavy atom. The molecule has 1 N–H and O–H groups in total. The second-order valence-electron chi connectivity index (χ2n) is 17.3. The van der Waals surface area contributed by atoms with Crippen molar-refractivity contribution >= 4 is 16.6 Å². The van der Waals surface area contributed by atoms with Gasteiger partial charge < -0.3 is 37.6 Å². The summed E-state index contributed by atoms with van der Waals surface area (Å²) in [5.41, 5.74) is 2.14. The van der Waals surface area contributed by atoms with Crippen LogP contribution in [-0.2, 0) is 45.8 Å². The highest BCUT2D eigenvalue weighted by Crippen LogP contribution is 2.43.